The van der Waals surface area contributed by atoms with E-state index >= 15 is 0 Å². The van der Waals surface area contributed by atoms with Gasteiger partial charge in [-0.05, 0) is 80.4 Å². The van der Waals surface area contributed by atoms with Crippen molar-refractivity contribution in [1.82, 2.24) is 4.57 Å². The summed E-state index contributed by atoms with van der Waals surface area (Å²) in [7, 11) is 0. The van der Waals surface area contributed by atoms with Gasteiger partial charge in [-0.25, -0.2) is 0 Å². The highest BCUT2D eigenvalue weighted by Crippen LogP contribution is 2.63. The van der Waals surface area contributed by atoms with Gasteiger partial charge in [0.25, 0.3) is 0 Å². The van der Waals surface area contributed by atoms with E-state index in [4.69, 9.17) is 0 Å². The lowest BCUT2D eigenvalue weighted by molar-refractivity contribution is 0.748. The molecular weight excluding hydrogens is 761 g/mol. The zero-order valence-corrected chi connectivity index (χ0v) is 34.5. The Morgan fingerprint density at radius 2 is 0.778 bits per heavy atom. The van der Waals surface area contributed by atoms with Gasteiger partial charge in [-0.1, -0.05) is 212 Å². The van der Waals surface area contributed by atoms with Crippen LogP contribution in [0.3, 0.4) is 0 Å². The van der Waals surface area contributed by atoms with Crippen molar-refractivity contribution in [2.24, 2.45) is 0 Å². The van der Waals surface area contributed by atoms with Crippen LogP contribution in [0.5, 0.6) is 0 Å². The molecule has 2 heterocycles. The fraction of sp³-hybridized carbons (Fsp3) is 0.0164. The molecule has 2 nitrogen and oxygen atoms in total. The van der Waals surface area contributed by atoms with E-state index in [2.05, 4.69) is 252 Å². The fourth-order valence-corrected chi connectivity index (χ4v) is 11.1. The third-order valence-corrected chi connectivity index (χ3v) is 13.6. The van der Waals surface area contributed by atoms with Gasteiger partial charge >= 0.3 is 0 Å². The summed E-state index contributed by atoms with van der Waals surface area (Å²) >= 11 is 0. The average Bonchev–Trinajstić information content (AvgIpc) is 3.86. The van der Waals surface area contributed by atoms with E-state index in [1.165, 1.54) is 83.1 Å². The van der Waals surface area contributed by atoms with Crippen LogP contribution in [0.2, 0.25) is 0 Å². The van der Waals surface area contributed by atoms with E-state index in [9.17, 15) is 0 Å². The van der Waals surface area contributed by atoms with Crippen molar-refractivity contribution < 1.29 is 0 Å². The molecule has 1 unspecified atom stereocenters. The third-order valence-electron chi connectivity index (χ3n) is 13.6. The Hall–Kier alpha value is -8.20. The molecule has 0 bridgehead atoms. The van der Waals surface area contributed by atoms with E-state index in [0.717, 1.165) is 28.2 Å². The Morgan fingerprint density at radius 1 is 0.302 bits per heavy atom. The van der Waals surface area contributed by atoms with Gasteiger partial charge in [0.1, 0.15) is 0 Å². The van der Waals surface area contributed by atoms with Gasteiger partial charge in [0.2, 0.25) is 0 Å². The molecule has 11 aromatic rings. The Labute approximate surface area is 367 Å². The van der Waals surface area contributed by atoms with E-state index < -0.39 is 5.41 Å². The van der Waals surface area contributed by atoms with Crippen molar-refractivity contribution in [3.63, 3.8) is 0 Å². The second-order valence-corrected chi connectivity index (χ2v) is 16.7. The summed E-state index contributed by atoms with van der Waals surface area (Å²) in [6.45, 7) is 0. The Bertz CT molecular complexity index is 3560. The predicted octanol–water partition coefficient (Wildman–Crippen LogP) is 15.9. The predicted molar refractivity (Wildman–Crippen MR) is 263 cm³/mol. The number of fused-ring (bicyclic) bond motifs is 12. The van der Waals surface area contributed by atoms with Crippen LogP contribution in [0.1, 0.15) is 22.3 Å². The maximum Gasteiger partial charge on any atom is 0.0755 e. The van der Waals surface area contributed by atoms with Gasteiger partial charge < -0.3 is 9.47 Å². The van der Waals surface area contributed by atoms with Crippen LogP contribution in [0.15, 0.2) is 243 Å². The Balaban J connectivity index is 1.12. The summed E-state index contributed by atoms with van der Waals surface area (Å²) in [6, 6.07) is 89.6. The van der Waals surface area contributed by atoms with Crippen LogP contribution in [-0.4, -0.2) is 4.57 Å². The maximum atomic E-state index is 2.55. The summed E-state index contributed by atoms with van der Waals surface area (Å²) < 4.78 is 2.52. The van der Waals surface area contributed by atoms with Crippen LogP contribution in [0.25, 0.3) is 72.0 Å². The zero-order valence-electron chi connectivity index (χ0n) is 34.5. The molecule has 63 heavy (non-hydrogen) atoms. The summed E-state index contributed by atoms with van der Waals surface area (Å²) in [5.74, 6) is 0. The normalized spacial score (nSPS) is 14.4. The van der Waals surface area contributed by atoms with E-state index in [-0.39, 0.29) is 0 Å². The Morgan fingerprint density at radius 3 is 1.52 bits per heavy atom. The summed E-state index contributed by atoms with van der Waals surface area (Å²) in [4.78, 5) is 2.55. The van der Waals surface area contributed by atoms with E-state index in [1.54, 1.807) is 0 Å². The lowest BCUT2D eigenvalue weighted by Gasteiger charge is -2.39. The second-order valence-electron chi connectivity index (χ2n) is 16.7. The van der Waals surface area contributed by atoms with Crippen molar-refractivity contribution in [3.05, 3.63) is 265 Å². The molecule has 0 saturated carbocycles. The minimum Gasteiger partial charge on any atom is -0.309 e. The molecular formula is C61H40N2. The fourth-order valence-electron chi connectivity index (χ4n) is 11.1. The highest BCUT2D eigenvalue weighted by atomic mass is 15.2. The first-order valence-corrected chi connectivity index (χ1v) is 21.9. The molecule has 1 spiro atoms. The molecule has 1 aliphatic heterocycles. The van der Waals surface area contributed by atoms with Gasteiger partial charge in [0.15, 0.2) is 0 Å². The highest BCUT2D eigenvalue weighted by molar-refractivity contribution is 6.13. The van der Waals surface area contributed by atoms with Crippen LogP contribution in [0, 0.1) is 0 Å². The lowest BCUT2D eigenvalue weighted by atomic mass is 9.65. The molecule has 13 rings (SSSR count). The average molecular weight is 801 g/mol. The minimum atomic E-state index is -0.570. The first kappa shape index (κ1) is 35.5. The molecule has 1 atom stereocenters. The molecule has 0 amide bonds. The summed E-state index contributed by atoms with van der Waals surface area (Å²) in [5.41, 5.74) is 21.4. The van der Waals surface area contributed by atoms with E-state index in [0.29, 0.717) is 0 Å². The smallest absolute Gasteiger partial charge is 0.0755 e. The maximum absolute atomic E-state index is 2.55. The molecule has 0 fully saturated rings. The topological polar surface area (TPSA) is 8.17 Å². The molecule has 0 radical (unpaired) electrons. The minimum absolute atomic E-state index is 0.570. The standard InChI is InChI=1S/C61H40N2/c1-3-19-41(20-4-1)42-37-39-44(40-38-42)46-24-9-14-33-55(46)62(54-32-13-8-23-45(54)43-21-5-2-6-22-43)58-36-18-30-52-59(58)49-26-7-11-28-50(49)61(52)51-29-12-16-35-57(51)63-56-34-15-10-25-47(56)48-27-17-31-53(61)60(48)63/h1-40H. The number of benzene rings is 10. The molecule has 1 aliphatic carbocycles. The highest BCUT2D eigenvalue weighted by Gasteiger charge is 2.51. The SMILES string of the molecule is c1ccc(-c2ccc(-c3ccccc3N(c3ccccc3-c3ccccc3)c3cccc4c3-c3ccccc3C43c4ccccc4-n4c5ccccc5c5cccc3c54)cc2)cc1. The molecule has 294 valence electrons. The number of nitrogens with zero attached hydrogens (tertiary/aromatic N) is 2. The quantitative estimate of drug-likeness (QED) is 0.163. The molecule has 10 aromatic carbocycles. The molecule has 1 aromatic heterocycles. The number of hydrogen-bond acceptors (Lipinski definition) is 1. The Kier molecular flexibility index (Phi) is 7.85. The molecule has 0 N–H and O–H groups in total. The molecule has 2 aliphatic rings. The number of para-hydroxylation sites is 5. The van der Waals surface area contributed by atoms with Gasteiger partial charge in [-0.2, -0.15) is 0 Å². The third kappa shape index (κ3) is 5.07. The van der Waals surface area contributed by atoms with Crippen molar-refractivity contribution in [2.45, 2.75) is 5.41 Å². The van der Waals surface area contributed by atoms with Crippen LogP contribution in [0.4, 0.5) is 17.1 Å². The number of rotatable bonds is 6. The van der Waals surface area contributed by atoms with E-state index in [1.807, 2.05) is 0 Å². The van der Waals surface area contributed by atoms with Gasteiger partial charge in [-0.15, -0.1) is 0 Å². The van der Waals surface area contributed by atoms with Crippen molar-refractivity contribution in [3.8, 4) is 50.2 Å². The zero-order chi connectivity index (χ0) is 41.5. The van der Waals surface area contributed by atoms with Gasteiger partial charge in [0.05, 0.1) is 39.2 Å². The monoisotopic (exact) mass is 800 g/mol. The first-order chi connectivity index (χ1) is 31.3. The summed E-state index contributed by atoms with van der Waals surface area (Å²) in [6.07, 6.45) is 0. The molecule has 2 heteroatoms. The first-order valence-electron chi connectivity index (χ1n) is 21.9. The van der Waals surface area contributed by atoms with Crippen molar-refractivity contribution in [1.29, 1.82) is 0 Å². The number of aromatic nitrogens is 1. The second kappa shape index (κ2) is 13.9. The molecule has 0 saturated heterocycles. The number of anilines is 3. The van der Waals surface area contributed by atoms with Gasteiger partial charge in [0, 0.05) is 27.5 Å². The summed E-state index contributed by atoms with van der Waals surface area (Å²) in [5, 5.41) is 2.56. The van der Waals surface area contributed by atoms with Gasteiger partial charge in [-0.3, -0.25) is 0 Å². The number of hydrogen-bond donors (Lipinski definition) is 0. The van der Waals surface area contributed by atoms with Crippen molar-refractivity contribution >= 4 is 38.9 Å². The van der Waals surface area contributed by atoms with Crippen LogP contribution >= 0.6 is 0 Å². The van der Waals surface area contributed by atoms with Crippen molar-refractivity contribution in [2.75, 3.05) is 4.90 Å². The largest absolute Gasteiger partial charge is 0.309 e. The lowest BCUT2D eigenvalue weighted by Crippen LogP contribution is -2.33. The van der Waals surface area contributed by atoms with Crippen LogP contribution < -0.4 is 4.90 Å². The van der Waals surface area contributed by atoms with Crippen LogP contribution in [-0.2, 0) is 5.41 Å².